The average Bonchev–Trinajstić information content (AvgIpc) is 3.47. The van der Waals surface area contributed by atoms with Crippen LogP contribution in [0.3, 0.4) is 0 Å². The first-order chi connectivity index (χ1) is 14.3. The van der Waals surface area contributed by atoms with Gasteiger partial charge in [-0.2, -0.15) is 5.26 Å². The minimum absolute atomic E-state index is 0.300. The number of thiazole rings is 1. The van der Waals surface area contributed by atoms with E-state index in [-0.39, 0.29) is 0 Å². The molecular formula is C22H20N6S. The minimum Gasteiger partial charge on any atom is -0.357 e. The van der Waals surface area contributed by atoms with E-state index in [1.54, 1.807) is 6.20 Å². The predicted octanol–water partition coefficient (Wildman–Crippen LogP) is 4.97. The summed E-state index contributed by atoms with van der Waals surface area (Å²) in [6, 6.07) is 19.1. The van der Waals surface area contributed by atoms with Crippen LogP contribution in [-0.2, 0) is 6.54 Å². The second-order valence-corrected chi connectivity index (χ2v) is 8.26. The smallest absolute Gasteiger partial charge is 0.189 e. The summed E-state index contributed by atoms with van der Waals surface area (Å²) in [7, 11) is 0. The number of nitrogens with zero attached hydrogens (tertiary/aromatic N) is 4. The van der Waals surface area contributed by atoms with Crippen LogP contribution in [0, 0.1) is 11.3 Å². The molecule has 2 N–H and O–H groups in total. The van der Waals surface area contributed by atoms with Crippen LogP contribution in [0.5, 0.6) is 0 Å². The molecule has 3 aromatic heterocycles. The fourth-order valence-electron chi connectivity index (χ4n) is 3.99. The van der Waals surface area contributed by atoms with Crippen LogP contribution in [0.4, 0.5) is 10.9 Å². The summed E-state index contributed by atoms with van der Waals surface area (Å²) >= 11 is 1.33. The Morgan fingerprint density at radius 2 is 2.17 bits per heavy atom. The Hall–Kier alpha value is -3.21. The van der Waals surface area contributed by atoms with Crippen molar-refractivity contribution in [3.05, 3.63) is 71.0 Å². The first-order valence-corrected chi connectivity index (χ1v) is 10.5. The number of nitriles is 1. The average molecular weight is 401 g/mol. The number of aromatic amines is 1. The summed E-state index contributed by atoms with van der Waals surface area (Å²) < 4.78 is 0. The van der Waals surface area contributed by atoms with Gasteiger partial charge in [-0.3, -0.25) is 4.90 Å². The second-order valence-electron chi connectivity index (χ2n) is 7.22. The molecular weight excluding hydrogens is 380 g/mol. The Kier molecular flexibility index (Phi) is 4.72. The molecule has 144 valence electrons. The zero-order valence-corrected chi connectivity index (χ0v) is 16.6. The molecule has 29 heavy (non-hydrogen) atoms. The molecule has 6 nitrogen and oxygen atoms in total. The highest BCUT2D eigenvalue weighted by molar-refractivity contribution is 7.16. The third-order valence-electron chi connectivity index (χ3n) is 5.29. The molecule has 7 heteroatoms. The molecule has 0 radical (unpaired) electrons. The SMILES string of the molecule is N#Cc1cnc(Nc2cccc(C3CCCN3Cc3cc4ccccc4[nH]3)n2)s1. The highest BCUT2D eigenvalue weighted by Gasteiger charge is 2.27. The molecule has 1 fully saturated rings. The van der Waals surface area contributed by atoms with Gasteiger partial charge in [-0.25, -0.2) is 9.97 Å². The van der Waals surface area contributed by atoms with Crippen LogP contribution >= 0.6 is 11.3 Å². The van der Waals surface area contributed by atoms with Crippen LogP contribution in [0.25, 0.3) is 10.9 Å². The number of pyridine rings is 1. The number of aromatic nitrogens is 3. The highest BCUT2D eigenvalue weighted by Crippen LogP contribution is 2.33. The number of H-pyrrole nitrogens is 1. The summed E-state index contributed by atoms with van der Waals surface area (Å²) in [4.78, 5) is 15.7. The number of para-hydroxylation sites is 1. The van der Waals surface area contributed by atoms with Crippen LogP contribution < -0.4 is 5.32 Å². The Morgan fingerprint density at radius 1 is 1.24 bits per heavy atom. The van der Waals surface area contributed by atoms with Gasteiger partial charge >= 0.3 is 0 Å². The largest absolute Gasteiger partial charge is 0.357 e. The summed E-state index contributed by atoms with van der Waals surface area (Å²) in [5, 5.41) is 14.1. The lowest BCUT2D eigenvalue weighted by molar-refractivity contribution is 0.242. The van der Waals surface area contributed by atoms with E-state index >= 15 is 0 Å². The molecule has 0 aliphatic carbocycles. The van der Waals surface area contributed by atoms with E-state index in [1.165, 1.54) is 34.4 Å². The number of hydrogen-bond acceptors (Lipinski definition) is 6. The molecule has 0 amide bonds. The zero-order valence-electron chi connectivity index (χ0n) is 15.8. The van der Waals surface area contributed by atoms with Gasteiger partial charge in [0.05, 0.1) is 17.9 Å². The molecule has 1 saturated heterocycles. The summed E-state index contributed by atoms with van der Waals surface area (Å²) in [5.74, 6) is 0.763. The molecule has 0 spiro atoms. The zero-order chi connectivity index (χ0) is 19.6. The normalized spacial score (nSPS) is 16.9. The molecule has 1 aliphatic rings. The summed E-state index contributed by atoms with van der Waals surface area (Å²) in [5.41, 5.74) is 3.49. The number of benzene rings is 1. The van der Waals surface area contributed by atoms with Crippen molar-refractivity contribution >= 4 is 33.2 Å². The van der Waals surface area contributed by atoms with Crippen LogP contribution in [0.15, 0.2) is 54.7 Å². The molecule has 5 rings (SSSR count). The topological polar surface area (TPSA) is 80.6 Å². The van der Waals surface area contributed by atoms with E-state index < -0.39 is 0 Å². The van der Waals surface area contributed by atoms with Crippen molar-refractivity contribution in [1.82, 2.24) is 19.9 Å². The monoisotopic (exact) mass is 400 g/mol. The van der Waals surface area contributed by atoms with Gasteiger partial charge in [-0.05, 0) is 49.0 Å². The Balaban J connectivity index is 1.34. The molecule has 4 heterocycles. The first kappa shape index (κ1) is 17.9. The molecule has 0 saturated carbocycles. The van der Waals surface area contributed by atoms with E-state index in [2.05, 4.69) is 62.7 Å². The number of fused-ring (bicyclic) bond motifs is 1. The molecule has 0 bridgehead atoms. The van der Waals surface area contributed by atoms with Gasteiger partial charge in [0.25, 0.3) is 0 Å². The van der Waals surface area contributed by atoms with Crippen molar-refractivity contribution in [1.29, 1.82) is 5.26 Å². The van der Waals surface area contributed by atoms with Crippen molar-refractivity contribution in [2.24, 2.45) is 0 Å². The van der Waals surface area contributed by atoms with Gasteiger partial charge in [0.1, 0.15) is 16.8 Å². The molecule has 1 atom stereocenters. The Bertz CT molecular complexity index is 1150. The fourth-order valence-corrected chi connectivity index (χ4v) is 4.61. The fraction of sp³-hybridized carbons (Fsp3) is 0.227. The first-order valence-electron chi connectivity index (χ1n) is 9.69. The Morgan fingerprint density at radius 3 is 3.03 bits per heavy atom. The van der Waals surface area contributed by atoms with E-state index in [0.717, 1.165) is 31.0 Å². The second kappa shape index (κ2) is 7.66. The lowest BCUT2D eigenvalue weighted by atomic mass is 10.1. The third kappa shape index (κ3) is 3.73. The van der Waals surface area contributed by atoms with E-state index in [1.807, 2.05) is 12.1 Å². The number of hydrogen-bond donors (Lipinski definition) is 2. The lowest BCUT2D eigenvalue weighted by Crippen LogP contribution is -2.23. The van der Waals surface area contributed by atoms with Crippen molar-refractivity contribution in [3.8, 4) is 6.07 Å². The predicted molar refractivity (Wildman–Crippen MR) is 115 cm³/mol. The molecule has 1 aromatic carbocycles. The third-order valence-corrected chi connectivity index (χ3v) is 6.10. The van der Waals surface area contributed by atoms with Crippen molar-refractivity contribution < 1.29 is 0 Å². The van der Waals surface area contributed by atoms with Crippen molar-refractivity contribution in [2.75, 3.05) is 11.9 Å². The maximum atomic E-state index is 8.97. The number of rotatable bonds is 5. The molecule has 1 unspecified atom stereocenters. The van der Waals surface area contributed by atoms with Gasteiger partial charge in [0.15, 0.2) is 5.13 Å². The van der Waals surface area contributed by atoms with Crippen LogP contribution in [-0.4, -0.2) is 26.4 Å². The van der Waals surface area contributed by atoms with Crippen LogP contribution in [0.2, 0.25) is 0 Å². The Labute approximate surface area is 172 Å². The van der Waals surface area contributed by atoms with E-state index in [0.29, 0.717) is 16.1 Å². The van der Waals surface area contributed by atoms with Gasteiger partial charge in [0, 0.05) is 17.8 Å². The lowest BCUT2D eigenvalue weighted by Gasteiger charge is -2.23. The number of likely N-dealkylation sites (tertiary alicyclic amines) is 1. The minimum atomic E-state index is 0.300. The maximum Gasteiger partial charge on any atom is 0.189 e. The van der Waals surface area contributed by atoms with E-state index in [4.69, 9.17) is 10.2 Å². The number of anilines is 2. The van der Waals surface area contributed by atoms with Gasteiger partial charge in [-0.15, -0.1) is 0 Å². The van der Waals surface area contributed by atoms with Crippen molar-refractivity contribution in [2.45, 2.75) is 25.4 Å². The number of nitrogens with one attached hydrogen (secondary N) is 2. The molecule has 4 aromatic rings. The summed E-state index contributed by atoms with van der Waals surface area (Å²) in [6.07, 6.45) is 3.85. The van der Waals surface area contributed by atoms with Gasteiger partial charge < -0.3 is 10.3 Å². The van der Waals surface area contributed by atoms with Gasteiger partial charge in [0.2, 0.25) is 0 Å². The quantitative estimate of drug-likeness (QED) is 0.494. The standard InChI is InChI=1S/C22H20N6S/c23-12-17-13-24-22(29-17)27-21-9-3-7-19(26-21)20-8-4-10-28(20)14-16-11-15-5-1-2-6-18(15)25-16/h1-3,5-7,9,11,13,20,25H,4,8,10,14H2,(H,24,26,27). The van der Waals surface area contributed by atoms with E-state index in [9.17, 15) is 0 Å². The summed E-state index contributed by atoms with van der Waals surface area (Å²) in [6.45, 7) is 1.95. The van der Waals surface area contributed by atoms with Crippen LogP contribution in [0.1, 0.15) is 35.1 Å². The highest BCUT2D eigenvalue weighted by atomic mass is 32.1. The van der Waals surface area contributed by atoms with Gasteiger partial charge in [-0.1, -0.05) is 35.6 Å². The maximum absolute atomic E-state index is 8.97. The molecule has 1 aliphatic heterocycles. The van der Waals surface area contributed by atoms with Crippen molar-refractivity contribution in [3.63, 3.8) is 0 Å².